The molecule has 0 saturated carbocycles. The number of hydrogen-bond donors (Lipinski definition) is 3. The van der Waals surface area contributed by atoms with E-state index < -0.39 is 23.6 Å². The highest BCUT2D eigenvalue weighted by Gasteiger charge is 2.32. The van der Waals surface area contributed by atoms with Gasteiger partial charge in [0.2, 0.25) is 0 Å². The minimum Gasteiger partial charge on any atom is -0.495 e. The van der Waals surface area contributed by atoms with Crippen LogP contribution in [0.2, 0.25) is 0 Å². The summed E-state index contributed by atoms with van der Waals surface area (Å²) < 4.78 is 44.6. The SMILES string of the molecule is COc1ccc(C(F)(F)F)cc1Nc1ncnc2[nH]c3c(c12)CC(C(=O)O)CC3. The molecule has 4 rings (SSSR count). The second kappa shape index (κ2) is 6.94. The summed E-state index contributed by atoms with van der Waals surface area (Å²) in [5.74, 6) is -0.901. The number of nitrogens with zero attached hydrogens (tertiary/aromatic N) is 2. The van der Waals surface area contributed by atoms with Crippen molar-refractivity contribution >= 4 is 28.5 Å². The number of ether oxygens (including phenoxy) is 1. The molecule has 10 heteroatoms. The number of methoxy groups -OCH3 is 1. The van der Waals surface area contributed by atoms with Crippen LogP contribution >= 0.6 is 0 Å². The first-order valence-corrected chi connectivity index (χ1v) is 8.87. The summed E-state index contributed by atoms with van der Waals surface area (Å²) in [5, 5.41) is 12.9. The molecular formula is C19H17F3N4O3. The fourth-order valence-corrected chi connectivity index (χ4v) is 3.66. The lowest BCUT2D eigenvalue weighted by Crippen LogP contribution is -2.21. The van der Waals surface area contributed by atoms with E-state index in [9.17, 15) is 23.1 Å². The van der Waals surface area contributed by atoms with E-state index in [1.165, 1.54) is 19.5 Å². The van der Waals surface area contributed by atoms with Crippen molar-refractivity contribution in [3.05, 3.63) is 41.3 Å². The minimum absolute atomic E-state index is 0.0999. The second-order valence-electron chi connectivity index (χ2n) is 6.84. The largest absolute Gasteiger partial charge is 0.495 e. The summed E-state index contributed by atoms with van der Waals surface area (Å²) in [4.78, 5) is 23.0. The predicted molar refractivity (Wildman–Crippen MR) is 98.3 cm³/mol. The maximum Gasteiger partial charge on any atom is 0.416 e. The van der Waals surface area contributed by atoms with E-state index in [4.69, 9.17) is 4.74 Å². The normalized spacial score (nSPS) is 16.5. The average molecular weight is 406 g/mol. The molecule has 152 valence electrons. The lowest BCUT2D eigenvalue weighted by atomic mass is 9.86. The summed E-state index contributed by atoms with van der Waals surface area (Å²) in [5.41, 5.74) is 1.42. The zero-order valence-electron chi connectivity index (χ0n) is 15.3. The third-order valence-electron chi connectivity index (χ3n) is 5.11. The fourth-order valence-electron chi connectivity index (χ4n) is 3.66. The Morgan fingerprint density at radius 2 is 2.14 bits per heavy atom. The van der Waals surface area contributed by atoms with E-state index in [0.717, 1.165) is 23.4 Å². The Labute approximate surface area is 162 Å². The number of rotatable bonds is 4. The van der Waals surface area contributed by atoms with Gasteiger partial charge in [0.05, 0.1) is 29.7 Å². The van der Waals surface area contributed by atoms with Crippen molar-refractivity contribution < 1.29 is 27.8 Å². The topological polar surface area (TPSA) is 100 Å². The molecule has 0 amide bonds. The Kier molecular flexibility index (Phi) is 4.56. The summed E-state index contributed by atoms with van der Waals surface area (Å²) in [7, 11) is 1.36. The van der Waals surface area contributed by atoms with Gasteiger partial charge in [-0.25, -0.2) is 9.97 Å². The first-order valence-electron chi connectivity index (χ1n) is 8.87. The fraction of sp³-hybridized carbons (Fsp3) is 0.316. The summed E-state index contributed by atoms with van der Waals surface area (Å²) in [6.07, 6.45) is -1.86. The number of aromatic nitrogens is 3. The molecule has 0 radical (unpaired) electrons. The number of aromatic amines is 1. The van der Waals surface area contributed by atoms with Gasteiger partial charge in [0.15, 0.2) is 0 Å². The summed E-state index contributed by atoms with van der Waals surface area (Å²) in [6, 6.07) is 3.12. The van der Waals surface area contributed by atoms with Crippen molar-refractivity contribution in [1.29, 1.82) is 0 Å². The van der Waals surface area contributed by atoms with Crippen LogP contribution in [-0.2, 0) is 23.8 Å². The van der Waals surface area contributed by atoms with Gasteiger partial charge in [0, 0.05) is 5.69 Å². The van der Waals surface area contributed by atoms with E-state index in [-0.39, 0.29) is 17.3 Å². The number of benzene rings is 1. The average Bonchev–Trinajstić information content (AvgIpc) is 3.06. The van der Waals surface area contributed by atoms with E-state index in [2.05, 4.69) is 20.3 Å². The molecule has 2 aromatic heterocycles. The molecule has 1 aliphatic carbocycles. The lowest BCUT2D eigenvalue weighted by Gasteiger charge is -2.19. The van der Waals surface area contributed by atoms with Gasteiger partial charge < -0.3 is 20.1 Å². The van der Waals surface area contributed by atoms with E-state index >= 15 is 0 Å². The lowest BCUT2D eigenvalue weighted by molar-refractivity contribution is -0.142. The number of alkyl halides is 3. The number of halogens is 3. The van der Waals surface area contributed by atoms with Gasteiger partial charge in [0.25, 0.3) is 0 Å². The quantitative estimate of drug-likeness (QED) is 0.607. The number of carboxylic acid groups (broad SMARTS) is 1. The Balaban J connectivity index is 1.80. The van der Waals surface area contributed by atoms with Crippen molar-refractivity contribution in [2.24, 2.45) is 5.92 Å². The van der Waals surface area contributed by atoms with Crippen molar-refractivity contribution in [3.8, 4) is 5.75 Å². The van der Waals surface area contributed by atoms with Gasteiger partial charge in [-0.3, -0.25) is 4.79 Å². The number of aryl methyl sites for hydroxylation is 1. The van der Waals surface area contributed by atoms with Crippen LogP contribution in [0, 0.1) is 5.92 Å². The van der Waals surface area contributed by atoms with Gasteiger partial charge >= 0.3 is 12.1 Å². The van der Waals surface area contributed by atoms with Crippen molar-refractivity contribution in [2.75, 3.05) is 12.4 Å². The monoisotopic (exact) mass is 406 g/mol. The molecule has 0 fully saturated rings. The first kappa shape index (κ1) is 19.0. The molecule has 1 unspecified atom stereocenters. The smallest absolute Gasteiger partial charge is 0.416 e. The molecule has 3 aromatic rings. The molecule has 29 heavy (non-hydrogen) atoms. The maximum absolute atomic E-state index is 13.1. The number of H-pyrrole nitrogens is 1. The molecule has 0 aliphatic heterocycles. The molecule has 3 N–H and O–H groups in total. The highest BCUT2D eigenvalue weighted by Crippen LogP contribution is 2.39. The molecule has 2 heterocycles. The number of hydrogen-bond acceptors (Lipinski definition) is 5. The third kappa shape index (κ3) is 3.45. The molecular weight excluding hydrogens is 389 g/mol. The zero-order valence-corrected chi connectivity index (χ0v) is 15.3. The van der Waals surface area contributed by atoms with Crippen LogP contribution in [0.3, 0.4) is 0 Å². The van der Waals surface area contributed by atoms with Gasteiger partial charge in [-0.1, -0.05) is 0 Å². The Morgan fingerprint density at radius 1 is 1.34 bits per heavy atom. The number of carbonyl (C=O) groups is 1. The maximum atomic E-state index is 13.1. The second-order valence-corrected chi connectivity index (χ2v) is 6.84. The van der Waals surface area contributed by atoms with Crippen LogP contribution < -0.4 is 10.1 Å². The number of carboxylic acids is 1. The van der Waals surface area contributed by atoms with Crippen LogP contribution in [0.1, 0.15) is 23.2 Å². The van der Waals surface area contributed by atoms with Gasteiger partial charge in [-0.15, -0.1) is 0 Å². The van der Waals surface area contributed by atoms with Crippen molar-refractivity contribution in [2.45, 2.75) is 25.4 Å². The molecule has 1 atom stereocenters. The Morgan fingerprint density at radius 3 is 2.83 bits per heavy atom. The minimum atomic E-state index is -4.51. The Bertz CT molecular complexity index is 1090. The van der Waals surface area contributed by atoms with Crippen molar-refractivity contribution in [3.63, 3.8) is 0 Å². The highest BCUT2D eigenvalue weighted by atomic mass is 19.4. The van der Waals surface area contributed by atoms with E-state index in [0.29, 0.717) is 30.3 Å². The molecule has 0 saturated heterocycles. The number of aliphatic carboxylic acids is 1. The highest BCUT2D eigenvalue weighted by molar-refractivity contribution is 5.94. The van der Waals surface area contributed by atoms with Crippen LogP contribution in [0.5, 0.6) is 5.75 Å². The van der Waals surface area contributed by atoms with Crippen LogP contribution in [-0.4, -0.2) is 33.1 Å². The first-order chi connectivity index (χ1) is 13.8. The molecule has 0 spiro atoms. The van der Waals surface area contributed by atoms with Crippen LogP contribution in [0.4, 0.5) is 24.7 Å². The van der Waals surface area contributed by atoms with Gasteiger partial charge in [-0.2, -0.15) is 13.2 Å². The number of fused-ring (bicyclic) bond motifs is 3. The molecule has 0 bridgehead atoms. The predicted octanol–water partition coefficient (Wildman–Crippen LogP) is 3.92. The number of anilines is 2. The molecule has 7 nitrogen and oxygen atoms in total. The molecule has 1 aromatic carbocycles. The van der Waals surface area contributed by atoms with Crippen LogP contribution in [0.15, 0.2) is 24.5 Å². The van der Waals surface area contributed by atoms with Crippen molar-refractivity contribution in [1.82, 2.24) is 15.0 Å². The van der Waals surface area contributed by atoms with E-state index in [1.54, 1.807) is 0 Å². The van der Waals surface area contributed by atoms with Gasteiger partial charge in [0.1, 0.15) is 23.5 Å². The zero-order chi connectivity index (χ0) is 20.8. The molecule has 1 aliphatic rings. The number of nitrogens with one attached hydrogen (secondary N) is 2. The summed E-state index contributed by atoms with van der Waals surface area (Å²) in [6.45, 7) is 0. The Hall–Kier alpha value is -3.30. The van der Waals surface area contributed by atoms with E-state index in [1.807, 2.05) is 0 Å². The standard InChI is InChI=1S/C19H17F3N4O3/c1-29-14-5-3-10(19(20,21)22)7-13(14)26-17-15-11-6-9(18(27)28)2-4-12(11)25-16(15)23-8-24-17/h3,5,7-9H,2,4,6H2,1H3,(H,27,28)(H2,23,24,25,26). The summed E-state index contributed by atoms with van der Waals surface area (Å²) >= 11 is 0. The van der Waals surface area contributed by atoms with Crippen LogP contribution in [0.25, 0.3) is 11.0 Å². The van der Waals surface area contributed by atoms with Gasteiger partial charge in [-0.05, 0) is 43.0 Å². The third-order valence-corrected chi connectivity index (χ3v) is 5.11.